The van der Waals surface area contributed by atoms with Crippen molar-refractivity contribution in [2.75, 3.05) is 18.8 Å². The van der Waals surface area contributed by atoms with Gasteiger partial charge in [-0.3, -0.25) is 4.90 Å². The van der Waals surface area contributed by atoms with Crippen molar-refractivity contribution in [2.24, 2.45) is 0 Å². The molecule has 1 fully saturated rings. The molecule has 1 aromatic carbocycles. The Bertz CT molecular complexity index is 473. The van der Waals surface area contributed by atoms with Crippen LogP contribution in [0.15, 0.2) is 22.7 Å². The topological polar surface area (TPSA) is 29.3 Å². The molecule has 1 aliphatic rings. The van der Waals surface area contributed by atoms with E-state index in [0.717, 1.165) is 34.7 Å². The van der Waals surface area contributed by atoms with E-state index in [4.69, 9.17) is 5.73 Å². The van der Waals surface area contributed by atoms with Gasteiger partial charge in [0, 0.05) is 34.7 Å². The van der Waals surface area contributed by atoms with E-state index < -0.39 is 0 Å². The number of anilines is 1. The zero-order valence-corrected chi connectivity index (χ0v) is 12.3. The second kappa shape index (κ2) is 6.26. The van der Waals surface area contributed by atoms with Crippen molar-refractivity contribution in [3.8, 4) is 11.8 Å². The fourth-order valence-corrected chi connectivity index (χ4v) is 2.71. The van der Waals surface area contributed by atoms with Gasteiger partial charge in [0.05, 0.1) is 0 Å². The number of nitrogens with two attached hydrogens (primary N) is 1. The number of hydrogen-bond donors (Lipinski definition) is 1. The van der Waals surface area contributed by atoms with E-state index in [1.54, 1.807) is 0 Å². The third kappa shape index (κ3) is 3.51. The highest BCUT2D eigenvalue weighted by molar-refractivity contribution is 9.10. The molecule has 3 heteroatoms. The van der Waals surface area contributed by atoms with Gasteiger partial charge in [0.25, 0.3) is 0 Å². The minimum Gasteiger partial charge on any atom is -0.398 e. The smallest absolute Gasteiger partial charge is 0.0484 e. The second-order valence-electron chi connectivity index (χ2n) is 4.81. The van der Waals surface area contributed by atoms with Gasteiger partial charge in [-0.15, -0.1) is 0 Å². The first-order valence-electron chi connectivity index (χ1n) is 6.45. The molecule has 1 aromatic rings. The molecular formula is C15H19BrN2. The molecule has 2 N–H and O–H groups in total. The molecule has 1 saturated heterocycles. The fourth-order valence-electron chi connectivity index (χ4n) is 2.33. The molecule has 0 aromatic heterocycles. The standard InChI is InChI=1S/C15H19BrN2/c1-12-5-4-10-18(12)9-3-2-6-13-7-8-14(16)11-15(13)17/h7-8,11-12H,3-5,9-10,17H2,1H3. The Hall–Kier alpha value is -0.980. The Labute approximate surface area is 118 Å². The van der Waals surface area contributed by atoms with Crippen molar-refractivity contribution in [3.05, 3.63) is 28.2 Å². The van der Waals surface area contributed by atoms with Crippen LogP contribution in [0.4, 0.5) is 5.69 Å². The predicted octanol–water partition coefficient (Wildman–Crippen LogP) is 3.26. The summed E-state index contributed by atoms with van der Waals surface area (Å²) < 4.78 is 0.997. The Morgan fingerprint density at radius 1 is 1.50 bits per heavy atom. The molecule has 1 heterocycles. The normalized spacial score (nSPS) is 19.6. The monoisotopic (exact) mass is 306 g/mol. The van der Waals surface area contributed by atoms with E-state index in [2.05, 4.69) is 39.6 Å². The summed E-state index contributed by atoms with van der Waals surface area (Å²) in [7, 11) is 0. The van der Waals surface area contributed by atoms with Crippen LogP contribution in [0.5, 0.6) is 0 Å². The maximum Gasteiger partial charge on any atom is 0.0484 e. The summed E-state index contributed by atoms with van der Waals surface area (Å²) in [5, 5.41) is 0. The maximum atomic E-state index is 5.90. The van der Waals surface area contributed by atoms with Gasteiger partial charge < -0.3 is 5.73 Å². The Kier molecular flexibility index (Phi) is 4.68. The summed E-state index contributed by atoms with van der Waals surface area (Å²) in [6, 6.07) is 6.56. The number of benzene rings is 1. The lowest BCUT2D eigenvalue weighted by Crippen LogP contribution is -2.27. The molecule has 1 unspecified atom stereocenters. The van der Waals surface area contributed by atoms with Crippen LogP contribution in [0, 0.1) is 11.8 Å². The number of nitrogens with zero attached hydrogens (tertiary/aromatic N) is 1. The average molecular weight is 307 g/mol. The van der Waals surface area contributed by atoms with E-state index in [1.165, 1.54) is 19.4 Å². The maximum absolute atomic E-state index is 5.90. The van der Waals surface area contributed by atoms with Crippen molar-refractivity contribution in [1.29, 1.82) is 0 Å². The predicted molar refractivity (Wildman–Crippen MR) is 80.3 cm³/mol. The summed E-state index contributed by atoms with van der Waals surface area (Å²) in [6.07, 6.45) is 3.57. The van der Waals surface area contributed by atoms with Gasteiger partial charge in [-0.25, -0.2) is 0 Å². The van der Waals surface area contributed by atoms with Crippen LogP contribution in [0.25, 0.3) is 0 Å². The first-order valence-corrected chi connectivity index (χ1v) is 7.24. The van der Waals surface area contributed by atoms with Gasteiger partial charge in [0.1, 0.15) is 0 Å². The van der Waals surface area contributed by atoms with Crippen LogP contribution in [-0.2, 0) is 0 Å². The van der Waals surface area contributed by atoms with Crippen LogP contribution in [0.3, 0.4) is 0 Å². The molecule has 1 aliphatic heterocycles. The fraction of sp³-hybridized carbons (Fsp3) is 0.467. The van der Waals surface area contributed by atoms with Gasteiger partial charge in [0.15, 0.2) is 0 Å². The lowest BCUT2D eigenvalue weighted by atomic mass is 10.2. The van der Waals surface area contributed by atoms with Crippen LogP contribution < -0.4 is 5.73 Å². The van der Waals surface area contributed by atoms with E-state index in [-0.39, 0.29) is 0 Å². The first kappa shape index (κ1) is 13.5. The third-order valence-corrected chi connectivity index (χ3v) is 3.94. The van der Waals surface area contributed by atoms with Crippen molar-refractivity contribution in [3.63, 3.8) is 0 Å². The van der Waals surface area contributed by atoms with Crippen molar-refractivity contribution >= 4 is 21.6 Å². The van der Waals surface area contributed by atoms with Gasteiger partial charge in [-0.1, -0.05) is 27.8 Å². The van der Waals surface area contributed by atoms with Gasteiger partial charge in [-0.2, -0.15) is 0 Å². The largest absolute Gasteiger partial charge is 0.398 e. The SMILES string of the molecule is CC1CCCN1CCC#Cc1ccc(Br)cc1N. The number of likely N-dealkylation sites (tertiary alicyclic amines) is 1. The lowest BCUT2D eigenvalue weighted by molar-refractivity contribution is 0.275. The number of rotatable bonds is 2. The molecule has 0 spiro atoms. The number of nitrogen functional groups attached to an aromatic ring is 1. The Balaban J connectivity index is 1.88. The summed E-state index contributed by atoms with van der Waals surface area (Å²) in [5.41, 5.74) is 7.57. The highest BCUT2D eigenvalue weighted by atomic mass is 79.9. The zero-order valence-electron chi connectivity index (χ0n) is 10.7. The summed E-state index contributed by atoms with van der Waals surface area (Å²) in [6.45, 7) is 4.60. The average Bonchev–Trinajstić information content (AvgIpc) is 2.73. The number of hydrogen-bond acceptors (Lipinski definition) is 2. The van der Waals surface area contributed by atoms with Crippen LogP contribution in [-0.4, -0.2) is 24.0 Å². The molecule has 0 aliphatic carbocycles. The van der Waals surface area contributed by atoms with E-state index >= 15 is 0 Å². The first-order chi connectivity index (χ1) is 8.66. The zero-order chi connectivity index (χ0) is 13.0. The molecule has 1 atom stereocenters. The quantitative estimate of drug-likeness (QED) is 0.671. The highest BCUT2D eigenvalue weighted by Crippen LogP contribution is 2.18. The van der Waals surface area contributed by atoms with E-state index in [1.807, 2.05) is 18.2 Å². The molecule has 0 saturated carbocycles. The summed E-state index contributed by atoms with van der Waals surface area (Å²) in [5.74, 6) is 6.38. The van der Waals surface area contributed by atoms with Gasteiger partial charge in [0.2, 0.25) is 0 Å². The molecule has 2 nitrogen and oxygen atoms in total. The van der Waals surface area contributed by atoms with Crippen molar-refractivity contribution < 1.29 is 0 Å². The Morgan fingerprint density at radius 2 is 2.33 bits per heavy atom. The van der Waals surface area contributed by atoms with Crippen molar-refractivity contribution in [1.82, 2.24) is 4.90 Å². The van der Waals surface area contributed by atoms with Gasteiger partial charge in [-0.05, 0) is 44.5 Å². The van der Waals surface area contributed by atoms with Gasteiger partial charge >= 0.3 is 0 Å². The minimum atomic E-state index is 0.726. The molecule has 2 rings (SSSR count). The lowest BCUT2D eigenvalue weighted by Gasteiger charge is -2.18. The molecule has 18 heavy (non-hydrogen) atoms. The molecular weight excluding hydrogens is 288 g/mol. The summed E-state index contributed by atoms with van der Waals surface area (Å²) in [4.78, 5) is 2.51. The van der Waals surface area contributed by atoms with E-state index in [0.29, 0.717) is 0 Å². The number of halogens is 1. The molecule has 96 valence electrons. The third-order valence-electron chi connectivity index (χ3n) is 3.45. The summed E-state index contributed by atoms with van der Waals surface area (Å²) >= 11 is 3.39. The molecule has 0 amide bonds. The van der Waals surface area contributed by atoms with Crippen LogP contribution in [0.1, 0.15) is 31.7 Å². The minimum absolute atomic E-state index is 0.726. The van der Waals surface area contributed by atoms with Crippen LogP contribution in [0.2, 0.25) is 0 Å². The second-order valence-corrected chi connectivity index (χ2v) is 5.73. The van der Waals surface area contributed by atoms with Crippen molar-refractivity contribution in [2.45, 2.75) is 32.2 Å². The van der Waals surface area contributed by atoms with Crippen LogP contribution >= 0.6 is 15.9 Å². The highest BCUT2D eigenvalue weighted by Gasteiger charge is 2.18. The molecule has 0 radical (unpaired) electrons. The Morgan fingerprint density at radius 3 is 3.00 bits per heavy atom. The molecule has 0 bridgehead atoms. The van der Waals surface area contributed by atoms with E-state index in [9.17, 15) is 0 Å².